The molecule has 136 valence electrons. The van der Waals surface area contributed by atoms with Gasteiger partial charge < -0.3 is 19.3 Å². The zero-order valence-corrected chi connectivity index (χ0v) is 15.3. The van der Waals surface area contributed by atoms with Gasteiger partial charge in [-0.25, -0.2) is 0 Å². The Balaban J connectivity index is 1.88. The van der Waals surface area contributed by atoms with E-state index in [1.165, 1.54) is 0 Å². The summed E-state index contributed by atoms with van der Waals surface area (Å²) in [5, 5.41) is 10.5. The predicted octanol–water partition coefficient (Wildman–Crippen LogP) is 4.02. The summed E-state index contributed by atoms with van der Waals surface area (Å²) in [6, 6.07) is 8.65. The molecule has 0 radical (unpaired) electrons. The standard InChI is InChI=1S/C21H22O5/c1-21(2)10-9-15-17(26-21)8-6-14(20(15)23)16(22)11-13-5-7-18(24-3)19(12-13)25-4/h5-10,12,23H,11H2,1-4H3. The van der Waals surface area contributed by atoms with Gasteiger partial charge in [0, 0.05) is 6.42 Å². The lowest BCUT2D eigenvalue weighted by Gasteiger charge is -2.28. The van der Waals surface area contributed by atoms with Gasteiger partial charge in [-0.05, 0) is 55.8 Å². The first-order valence-corrected chi connectivity index (χ1v) is 8.33. The van der Waals surface area contributed by atoms with Crippen molar-refractivity contribution in [3.05, 3.63) is 53.1 Å². The molecule has 5 heteroatoms. The molecule has 0 spiro atoms. The van der Waals surface area contributed by atoms with Crippen molar-refractivity contribution in [1.29, 1.82) is 0 Å². The van der Waals surface area contributed by atoms with Crippen molar-refractivity contribution >= 4 is 11.9 Å². The Bertz CT molecular complexity index is 880. The van der Waals surface area contributed by atoms with E-state index in [4.69, 9.17) is 14.2 Å². The van der Waals surface area contributed by atoms with Crippen LogP contribution in [0.2, 0.25) is 0 Å². The van der Waals surface area contributed by atoms with Gasteiger partial charge in [0.05, 0.1) is 25.3 Å². The van der Waals surface area contributed by atoms with Crippen LogP contribution >= 0.6 is 0 Å². The Morgan fingerprint density at radius 2 is 1.85 bits per heavy atom. The van der Waals surface area contributed by atoms with Crippen molar-refractivity contribution in [2.45, 2.75) is 25.9 Å². The first-order chi connectivity index (χ1) is 12.3. The normalized spacial score (nSPS) is 14.3. The van der Waals surface area contributed by atoms with Gasteiger partial charge in [0.15, 0.2) is 17.3 Å². The summed E-state index contributed by atoms with van der Waals surface area (Å²) in [4.78, 5) is 12.7. The molecule has 0 aliphatic carbocycles. The van der Waals surface area contributed by atoms with Crippen molar-refractivity contribution in [3.63, 3.8) is 0 Å². The minimum Gasteiger partial charge on any atom is -0.506 e. The molecule has 26 heavy (non-hydrogen) atoms. The van der Waals surface area contributed by atoms with Crippen LogP contribution in [-0.4, -0.2) is 30.7 Å². The number of rotatable bonds is 5. The molecule has 0 saturated heterocycles. The number of phenolic OH excluding ortho intramolecular Hbond substituents is 1. The smallest absolute Gasteiger partial charge is 0.170 e. The average molecular weight is 354 g/mol. The average Bonchev–Trinajstić information content (AvgIpc) is 2.60. The van der Waals surface area contributed by atoms with Crippen LogP contribution in [-0.2, 0) is 6.42 Å². The summed E-state index contributed by atoms with van der Waals surface area (Å²) in [5.41, 5.74) is 1.14. The molecule has 0 fully saturated rings. The Labute approximate surface area is 152 Å². The minimum absolute atomic E-state index is 0.0558. The SMILES string of the molecule is COc1ccc(CC(=O)c2ccc3c(c2O)C=CC(C)(C)O3)cc1OC. The lowest BCUT2D eigenvalue weighted by Crippen LogP contribution is -2.27. The number of hydrogen-bond donors (Lipinski definition) is 1. The molecule has 0 unspecified atom stereocenters. The van der Waals surface area contributed by atoms with Crippen LogP contribution in [0.15, 0.2) is 36.4 Å². The highest BCUT2D eigenvalue weighted by molar-refractivity contribution is 6.01. The summed E-state index contributed by atoms with van der Waals surface area (Å²) in [6.45, 7) is 3.86. The van der Waals surface area contributed by atoms with Gasteiger partial charge in [-0.15, -0.1) is 0 Å². The zero-order chi connectivity index (χ0) is 18.9. The highest BCUT2D eigenvalue weighted by Gasteiger charge is 2.25. The van der Waals surface area contributed by atoms with E-state index in [-0.39, 0.29) is 23.5 Å². The number of benzene rings is 2. The second kappa shape index (κ2) is 6.75. The number of carbonyl (C=O) groups is 1. The molecule has 2 aromatic rings. The monoisotopic (exact) mass is 354 g/mol. The van der Waals surface area contributed by atoms with Crippen LogP contribution in [0.5, 0.6) is 23.0 Å². The van der Waals surface area contributed by atoms with E-state index in [2.05, 4.69) is 0 Å². The Kier molecular flexibility index (Phi) is 4.64. The molecule has 0 atom stereocenters. The van der Waals surface area contributed by atoms with Crippen molar-refractivity contribution in [3.8, 4) is 23.0 Å². The van der Waals surface area contributed by atoms with E-state index in [9.17, 15) is 9.90 Å². The summed E-state index contributed by atoms with van der Waals surface area (Å²) in [7, 11) is 3.11. The first kappa shape index (κ1) is 17.9. The number of Topliss-reactive ketones (excluding diaryl/α,β-unsaturated/α-hetero) is 1. The number of hydrogen-bond acceptors (Lipinski definition) is 5. The number of fused-ring (bicyclic) bond motifs is 1. The number of ketones is 1. The lowest BCUT2D eigenvalue weighted by molar-refractivity contribution is 0.0990. The second-order valence-electron chi connectivity index (χ2n) is 6.70. The van der Waals surface area contributed by atoms with Gasteiger partial charge in [0.1, 0.15) is 17.1 Å². The van der Waals surface area contributed by atoms with E-state index in [0.717, 1.165) is 5.56 Å². The fourth-order valence-corrected chi connectivity index (χ4v) is 2.94. The second-order valence-corrected chi connectivity index (χ2v) is 6.70. The molecular formula is C21H22O5. The molecule has 0 aromatic heterocycles. The number of ether oxygens (including phenoxy) is 3. The number of carbonyl (C=O) groups excluding carboxylic acids is 1. The summed E-state index contributed by atoms with van der Waals surface area (Å²) >= 11 is 0. The molecule has 1 aliphatic heterocycles. The molecule has 1 heterocycles. The molecule has 2 aromatic carbocycles. The molecule has 0 saturated carbocycles. The van der Waals surface area contributed by atoms with E-state index in [0.29, 0.717) is 22.8 Å². The van der Waals surface area contributed by atoms with Crippen LogP contribution < -0.4 is 14.2 Å². The largest absolute Gasteiger partial charge is 0.506 e. The topological polar surface area (TPSA) is 65.0 Å². The highest BCUT2D eigenvalue weighted by atomic mass is 16.5. The van der Waals surface area contributed by atoms with Crippen LogP contribution in [0, 0.1) is 0 Å². The molecule has 3 rings (SSSR count). The molecule has 0 bridgehead atoms. The lowest BCUT2D eigenvalue weighted by atomic mass is 9.96. The Hall–Kier alpha value is -2.95. The maximum Gasteiger partial charge on any atom is 0.170 e. The summed E-state index contributed by atoms with van der Waals surface area (Å²) in [5.74, 6) is 1.49. The predicted molar refractivity (Wildman–Crippen MR) is 99.4 cm³/mol. The molecule has 5 nitrogen and oxygen atoms in total. The fraction of sp³-hybridized carbons (Fsp3) is 0.286. The molecule has 1 N–H and O–H groups in total. The van der Waals surface area contributed by atoms with Crippen LogP contribution in [0.25, 0.3) is 6.08 Å². The molecule has 1 aliphatic rings. The zero-order valence-electron chi connectivity index (χ0n) is 15.3. The number of aromatic hydroxyl groups is 1. The van der Waals surface area contributed by atoms with Crippen molar-refractivity contribution in [2.24, 2.45) is 0 Å². The van der Waals surface area contributed by atoms with Crippen LogP contribution in [0.4, 0.5) is 0 Å². The van der Waals surface area contributed by atoms with Gasteiger partial charge in [0.2, 0.25) is 0 Å². The van der Waals surface area contributed by atoms with E-state index in [1.54, 1.807) is 50.6 Å². The van der Waals surface area contributed by atoms with Crippen LogP contribution in [0.1, 0.15) is 35.3 Å². The summed E-state index contributed by atoms with van der Waals surface area (Å²) < 4.78 is 16.3. The third kappa shape index (κ3) is 3.38. The van der Waals surface area contributed by atoms with Gasteiger partial charge in [-0.2, -0.15) is 0 Å². The maximum atomic E-state index is 12.7. The number of methoxy groups -OCH3 is 2. The van der Waals surface area contributed by atoms with Crippen molar-refractivity contribution in [1.82, 2.24) is 0 Å². The molecular weight excluding hydrogens is 332 g/mol. The van der Waals surface area contributed by atoms with E-state index in [1.807, 2.05) is 19.9 Å². The Morgan fingerprint density at radius 3 is 2.54 bits per heavy atom. The molecule has 0 amide bonds. The number of phenols is 1. The quantitative estimate of drug-likeness (QED) is 0.822. The van der Waals surface area contributed by atoms with Gasteiger partial charge in [-0.3, -0.25) is 4.79 Å². The fourth-order valence-electron chi connectivity index (χ4n) is 2.94. The van der Waals surface area contributed by atoms with E-state index >= 15 is 0 Å². The third-order valence-electron chi connectivity index (χ3n) is 4.31. The summed E-state index contributed by atoms with van der Waals surface area (Å²) in [6.07, 6.45) is 3.79. The Morgan fingerprint density at radius 1 is 1.12 bits per heavy atom. The van der Waals surface area contributed by atoms with Crippen molar-refractivity contribution < 1.29 is 24.1 Å². The van der Waals surface area contributed by atoms with Gasteiger partial charge >= 0.3 is 0 Å². The highest BCUT2D eigenvalue weighted by Crippen LogP contribution is 2.39. The van der Waals surface area contributed by atoms with Crippen molar-refractivity contribution in [2.75, 3.05) is 14.2 Å². The third-order valence-corrected chi connectivity index (χ3v) is 4.31. The van der Waals surface area contributed by atoms with E-state index < -0.39 is 5.60 Å². The maximum absolute atomic E-state index is 12.7. The van der Waals surface area contributed by atoms with Gasteiger partial charge in [0.25, 0.3) is 0 Å². The van der Waals surface area contributed by atoms with Gasteiger partial charge in [-0.1, -0.05) is 6.07 Å². The first-order valence-electron chi connectivity index (χ1n) is 8.33. The minimum atomic E-state index is -0.440. The van der Waals surface area contributed by atoms with Crippen LogP contribution in [0.3, 0.4) is 0 Å².